The summed E-state index contributed by atoms with van der Waals surface area (Å²) in [6, 6.07) is 3.84. The van der Waals surface area contributed by atoms with E-state index in [1.807, 2.05) is 13.8 Å². The summed E-state index contributed by atoms with van der Waals surface area (Å²) in [4.78, 5) is 12.0. The smallest absolute Gasteiger partial charge is 0.253 e. The monoisotopic (exact) mass is 246 g/mol. The number of aromatic nitrogens is 2. The highest BCUT2D eigenvalue weighted by Gasteiger charge is 2.11. The maximum absolute atomic E-state index is 12.0. The Morgan fingerprint density at radius 3 is 2.89 bits per heavy atom. The molecule has 1 rings (SSSR count). The van der Waals surface area contributed by atoms with Gasteiger partial charge in [-0.25, -0.2) is 0 Å². The molecule has 1 heterocycles. The van der Waals surface area contributed by atoms with Gasteiger partial charge in [-0.15, -0.1) is 0 Å². The molecule has 0 saturated carbocycles. The molecule has 0 spiro atoms. The highest BCUT2D eigenvalue weighted by atomic mass is 16.1. The fraction of sp³-hybridized carbons (Fsp3) is 0.538. The van der Waals surface area contributed by atoms with E-state index in [0.717, 1.165) is 24.2 Å². The summed E-state index contributed by atoms with van der Waals surface area (Å²) in [7, 11) is 0. The Balaban J connectivity index is 2.56. The molecule has 0 aliphatic carbocycles. The lowest BCUT2D eigenvalue weighted by Gasteiger charge is -2.08. The van der Waals surface area contributed by atoms with E-state index in [9.17, 15) is 4.79 Å². The minimum atomic E-state index is -0.109. The van der Waals surface area contributed by atoms with Crippen molar-refractivity contribution in [1.29, 1.82) is 5.26 Å². The van der Waals surface area contributed by atoms with Gasteiger partial charge in [-0.2, -0.15) is 15.5 Å². The third-order valence-electron chi connectivity index (χ3n) is 2.57. The second-order valence-electron chi connectivity index (χ2n) is 4.07. The summed E-state index contributed by atoms with van der Waals surface area (Å²) in [5.74, 6) is -0.109. The van der Waals surface area contributed by atoms with E-state index in [-0.39, 0.29) is 5.91 Å². The Bertz CT molecular complexity index is 451. The van der Waals surface area contributed by atoms with Crippen molar-refractivity contribution in [2.24, 2.45) is 0 Å². The molecule has 1 amide bonds. The van der Waals surface area contributed by atoms with Gasteiger partial charge in [0, 0.05) is 13.0 Å². The predicted octanol–water partition coefficient (Wildman–Crippen LogP) is 1.77. The van der Waals surface area contributed by atoms with Crippen LogP contribution >= 0.6 is 0 Å². The number of unbranched alkanes of at least 4 members (excludes halogenated alkanes) is 2. The zero-order valence-electron chi connectivity index (χ0n) is 10.9. The number of hydrogen-bond acceptors (Lipinski definition) is 4. The van der Waals surface area contributed by atoms with Crippen molar-refractivity contribution in [2.75, 3.05) is 6.54 Å². The first-order valence-corrected chi connectivity index (χ1v) is 6.17. The number of carbonyl (C=O) groups is 1. The molecule has 0 aromatic carbocycles. The van der Waals surface area contributed by atoms with E-state index >= 15 is 0 Å². The van der Waals surface area contributed by atoms with E-state index < -0.39 is 0 Å². The fourth-order valence-electron chi connectivity index (χ4n) is 1.60. The van der Waals surface area contributed by atoms with Gasteiger partial charge in [0.2, 0.25) is 0 Å². The molecule has 1 aromatic rings. The number of hydrogen-bond donors (Lipinski definition) is 1. The highest BCUT2D eigenvalue weighted by molar-refractivity contribution is 5.95. The molecule has 0 unspecified atom stereocenters. The van der Waals surface area contributed by atoms with Gasteiger partial charge in [-0.3, -0.25) is 4.79 Å². The summed E-state index contributed by atoms with van der Waals surface area (Å²) in [6.45, 7) is 4.35. The number of rotatable bonds is 6. The van der Waals surface area contributed by atoms with Crippen LogP contribution in [0.5, 0.6) is 0 Å². The van der Waals surface area contributed by atoms with Gasteiger partial charge < -0.3 is 5.32 Å². The first kappa shape index (κ1) is 14.1. The van der Waals surface area contributed by atoms with Crippen LogP contribution in [-0.4, -0.2) is 22.6 Å². The van der Waals surface area contributed by atoms with Crippen LogP contribution in [0.25, 0.3) is 0 Å². The molecule has 96 valence electrons. The number of amides is 1. The molecule has 0 bridgehead atoms. The zero-order valence-corrected chi connectivity index (χ0v) is 10.9. The quantitative estimate of drug-likeness (QED) is 0.776. The first-order chi connectivity index (χ1) is 8.69. The van der Waals surface area contributed by atoms with Crippen molar-refractivity contribution in [3.8, 4) is 6.07 Å². The maximum atomic E-state index is 12.0. The molecule has 5 nitrogen and oxygen atoms in total. The first-order valence-electron chi connectivity index (χ1n) is 6.17. The average molecular weight is 246 g/mol. The van der Waals surface area contributed by atoms with Gasteiger partial charge in [-0.1, -0.05) is 6.92 Å². The van der Waals surface area contributed by atoms with Gasteiger partial charge in [0.15, 0.2) is 0 Å². The number of nitrogens with zero attached hydrogens (tertiary/aromatic N) is 3. The van der Waals surface area contributed by atoms with Crippen LogP contribution in [0.2, 0.25) is 0 Å². The van der Waals surface area contributed by atoms with Crippen molar-refractivity contribution >= 4 is 5.91 Å². The van der Waals surface area contributed by atoms with E-state index in [2.05, 4.69) is 21.6 Å². The van der Waals surface area contributed by atoms with Crippen molar-refractivity contribution in [3.63, 3.8) is 0 Å². The Labute approximate surface area is 107 Å². The van der Waals surface area contributed by atoms with Crippen molar-refractivity contribution in [2.45, 2.75) is 39.5 Å². The Kier molecular flexibility index (Phi) is 5.78. The molecule has 0 radical (unpaired) electrons. The molecule has 1 N–H and O–H groups in total. The number of nitriles is 1. The molecule has 0 fully saturated rings. The molecule has 0 atom stereocenters. The van der Waals surface area contributed by atoms with Crippen LogP contribution in [0.4, 0.5) is 0 Å². The van der Waals surface area contributed by atoms with Crippen molar-refractivity contribution in [1.82, 2.24) is 15.5 Å². The Morgan fingerprint density at radius 1 is 1.44 bits per heavy atom. The predicted molar refractivity (Wildman–Crippen MR) is 67.9 cm³/mol. The number of nitrogens with one attached hydrogen (secondary N) is 1. The van der Waals surface area contributed by atoms with Crippen LogP contribution in [0.15, 0.2) is 6.07 Å². The molecular weight excluding hydrogens is 228 g/mol. The van der Waals surface area contributed by atoms with E-state index in [0.29, 0.717) is 24.9 Å². The van der Waals surface area contributed by atoms with Crippen LogP contribution in [0.3, 0.4) is 0 Å². The summed E-state index contributed by atoms with van der Waals surface area (Å²) in [5, 5.41) is 19.2. The van der Waals surface area contributed by atoms with Gasteiger partial charge in [0.05, 0.1) is 23.0 Å². The summed E-state index contributed by atoms with van der Waals surface area (Å²) < 4.78 is 0. The molecule has 5 heteroatoms. The lowest BCUT2D eigenvalue weighted by Crippen LogP contribution is -2.26. The molecule has 1 aromatic heterocycles. The number of carbonyl (C=O) groups excluding carboxylic acids is 1. The Hall–Kier alpha value is -1.96. The van der Waals surface area contributed by atoms with Gasteiger partial charge >= 0.3 is 0 Å². The summed E-state index contributed by atoms with van der Waals surface area (Å²) in [5.41, 5.74) is 2.06. The molecule has 0 aliphatic heterocycles. The third-order valence-corrected chi connectivity index (χ3v) is 2.57. The van der Waals surface area contributed by atoms with Gasteiger partial charge in [0.25, 0.3) is 5.91 Å². The molecule has 18 heavy (non-hydrogen) atoms. The van der Waals surface area contributed by atoms with Crippen LogP contribution in [0.1, 0.15) is 47.9 Å². The van der Waals surface area contributed by atoms with Gasteiger partial charge in [0.1, 0.15) is 0 Å². The van der Waals surface area contributed by atoms with Crippen molar-refractivity contribution in [3.05, 3.63) is 23.0 Å². The third kappa shape index (κ3) is 4.13. The SMILES string of the molecule is CCc1nnc(C)cc1C(=O)NCCCCC#N. The molecule has 0 aliphatic rings. The lowest BCUT2D eigenvalue weighted by molar-refractivity contribution is 0.0951. The van der Waals surface area contributed by atoms with E-state index in [1.54, 1.807) is 6.07 Å². The summed E-state index contributed by atoms with van der Waals surface area (Å²) >= 11 is 0. The second kappa shape index (κ2) is 7.38. The van der Waals surface area contributed by atoms with E-state index in [4.69, 9.17) is 5.26 Å². The lowest BCUT2D eigenvalue weighted by atomic mass is 10.1. The van der Waals surface area contributed by atoms with Gasteiger partial charge in [-0.05, 0) is 32.3 Å². The van der Waals surface area contributed by atoms with Crippen LogP contribution < -0.4 is 5.32 Å². The minimum absolute atomic E-state index is 0.109. The normalized spacial score (nSPS) is 9.83. The highest BCUT2D eigenvalue weighted by Crippen LogP contribution is 2.07. The van der Waals surface area contributed by atoms with Crippen LogP contribution in [-0.2, 0) is 6.42 Å². The van der Waals surface area contributed by atoms with E-state index in [1.165, 1.54) is 0 Å². The maximum Gasteiger partial charge on any atom is 0.253 e. The molecular formula is C13H18N4O. The zero-order chi connectivity index (χ0) is 13.4. The topological polar surface area (TPSA) is 78.7 Å². The number of aryl methyl sites for hydroxylation is 2. The molecule has 0 saturated heterocycles. The summed E-state index contributed by atoms with van der Waals surface area (Å²) in [6.07, 6.45) is 2.85. The Morgan fingerprint density at radius 2 is 2.22 bits per heavy atom. The van der Waals surface area contributed by atoms with Crippen LogP contribution in [0, 0.1) is 18.3 Å². The largest absolute Gasteiger partial charge is 0.352 e. The average Bonchev–Trinajstić information content (AvgIpc) is 2.38. The minimum Gasteiger partial charge on any atom is -0.352 e. The fourth-order valence-corrected chi connectivity index (χ4v) is 1.60. The standard InChI is InChI=1S/C13H18N4O/c1-3-12-11(9-10(2)16-17-12)13(18)15-8-6-4-5-7-14/h9H,3-6,8H2,1-2H3,(H,15,18). The second-order valence-corrected chi connectivity index (χ2v) is 4.07. The van der Waals surface area contributed by atoms with Crippen molar-refractivity contribution < 1.29 is 4.79 Å².